The van der Waals surface area contributed by atoms with E-state index >= 15 is 0 Å². The molecule has 1 aliphatic rings. The van der Waals surface area contributed by atoms with Crippen molar-refractivity contribution < 1.29 is 4.74 Å². The lowest BCUT2D eigenvalue weighted by Crippen LogP contribution is -2.39. The number of methoxy groups -OCH3 is 1. The zero-order valence-corrected chi connectivity index (χ0v) is 13.8. The quantitative estimate of drug-likeness (QED) is 0.868. The molecule has 1 aromatic rings. The summed E-state index contributed by atoms with van der Waals surface area (Å²) in [4.78, 5) is 2.37. The molecule has 2 rings (SSSR count). The topological polar surface area (TPSA) is 24.5 Å². The van der Waals surface area contributed by atoms with E-state index in [0.717, 1.165) is 26.9 Å². The number of piperidine rings is 1. The minimum Gasteiger partial charge on any atom is -0.495 e. The number of likely N-dealkylation sites (tertiary alicyclic amines) is 1. The zero-order valence-electron chi connectivity index (χ0n) is 10.7. The largest absolute Gasteiger partial charge is 0.495 e. The summed E-state index contributed by atoms with van der Waals surface area (Å²) in [7, 11) is 3.86. The van der Waals surface area contributed by atoms with Gasteiger partial charge in [-0.15, -0.1) is 0 Å². The average molecular weight is 378 g/mol. The lowest BCUT2D eigenvalue weighted by molar-refractivity contribution is 0.261. The summed E-state index contributed by atoms with van der Waals surface area (Å²) < 4.78 is 7.35. The Kier molecular flexibility index (Phi) is 4.92. The molecular weight excluding hydrogens is 360 g/mol. The van der Waals surface area contributed by atoms with Gasteiger partial charge in [-0.2, -0.15) is 0 Å². The second-order valence-electron chi connectivity index (χ2n) is 4.71. The maximum atomic E-state index is 5.33. The van der Waals surface area contributed by atoms with Gasteiger partial charge in [0.05, 0.1) is 17.3 Å². The molecule has 0 amide bonds. The maximum Gasteiger partial charge on any atom is 0.135 e. The summed E-state index contributed by atoms with van der Waals surface area (Å²) in [5.41, 5.74) is 1.09. The molecule has 1 aliphatic heterocycles. The van der Waals surface area contributed by atoms with Crippen LogP contribution in [0.15, 0.2) is 21.1 Å². The highest BCUT2D eigenvalue weighted by Crippen LogP contribution is 2.35. The van der Waals surface area contributed by atoms with Gasteiger partial charge in [-0.05, 0) is 64.4 Å². The Hall–Kier alpha value is -0.260. The van der Waals surface area contributed by atoms with E-state index in [1.54, 1.807) is 7.11 Å². The number of hydrogen-bond donors (Lipinski definition) is 1. The molecule has 100 valence electrons. The molecule has 1 aromatic carbocycles. The number of anilines is 1. The number of benzene rings is 1. The third-order valence-corrected chi connectivity index (χ3v) is 4.50. The van der Waals surface area contributed by atoms with Gasteiger partial charge >= 0.3 is 0 Å². The van der Waals surface area contributed by atoms with Crippen molar-refractivity contribution in [1.82, 2.24) is 4.90 Å². The van der Waals surface area contributed by atoms with E-state index in [2.05, 4.69) is 49.1 Å². The fraction of sp³-hybridized carbons (Fsp3) is 0.538. The van der Waals surface area contributed by atoms with Crippen molar-refractivity contribution >= 4 is 37.5 Å². The highest BCUT2D eigenvalue weighted by Gasteiger charge is 2.18. The fourth-order valence-electron chi connectivity index (χ4n) is 2.30. The van der Waals surface area contributed by atoms with Crippen molar-refractivity contribution in [2.75, 3.05) is 32.6 Å². The van der Waals surface area contributed by atoms with Crippen molar-refractivity contribution in [1.29, 1.82) is 0 Å². The number of likely N-dealkylation sites (N-methyl/N-ethyl adjacent to an activating group) is 1. The summed E-state index contributed by atoms with van der Waals surface area (Å²) in [6.07, 6.45) is 2.47. The first-order valence-corrected chi connectivity index (χ1v) is 7.67. The summed E-state index contributed by atoms with van der Waals surface area (Å²) in [5.74, 6) is 0.852. The molecule has 0 bridgehead atoms. The smallest absolute Gasteiger partial charge is 0.135 e. The molecule has 1 heterocycles. The van der Waals surface area contributed by atoms with Crippen LogP contribution < -0.4 is 10.1 Å². The van der Waals surface area contributed by atoms with Gasteiger partial charge in [0, 0.05) is 23.1 Å². The zero-order chi connectivity index (χ0) is 13.1. The molecule has 0 aromatic heterocycles. The van der Waals surface area contributed by atoms with Crippen LogP contribution >= 0.6 is 31.9 Å². The first-order chi connectivity index (χ1) is 8.60. The molecule has 1 atom stereocenters. The maximum absolute atomic E-state index is 5.33. The molecule has 0 radical (unpaired) electrons. The van der Waals surface area contributed by atoms with Crippen LogP contribution in [-0.4, -0.2) is 38.2 Å². The molecular formula is C13H18Br2N2O. The minimum absolute atomic E-state index is 0.505. The Balaban J connectivity index is 2.13. The van der Waals surface area contributed by atoms with Gasteiger partial charge in [-0.3, -0.25) is 0 Å². The summed E-state index contributed by atoms with van der Waals surface area (Å²) in [5, 5.41) is 3.59. The number of hydrogen-bond acceptors (Lipinski definition) is 3. The van der Waals surface area contributed by atoms with E-state index in [9.17, 15) is 0 Å². The third-order valence-electron chi connectivity index (χ3n) is 3.23. The molecule has 18 heavy (non-hydrogen) atoms. The van der Waals surface area contributed by atoms with Crippen molar-refractivity contribution in [3.8, 4) is 5.75 Å². The fourth-order valence-corrected chi connectivity index (χ4v) is 3.57. The first kappa shape index (κ1) is 14.2. The molecule has 1 saturated heterocycles. The van der Waals surface area contributed by atoms with Crippen molar-refractivity contribution in [3.63, 3.8) is 0 Å². The number of rotatable bonds is 3. The van der Waals surface area contributed by atoms with Crippen LogP contribution in [0.4, 0.5) is 5.69 Å². The molecule has 5 heteroatoms. The first-order valence-electron chi connectivity index (χ1n) is 6.08. The predicted octanol–water partition coefficient (Wildman–Crippen LogP) is 3.73. The molecule has 1 unspecified atom stereocenters. The molecule has 0 spiro atoms. The monoisotopic (exact) mass is 376 g/mol. The standard InChI is InChI=1S/C13H18Br2N2O/c1-17-5-3-4-9(8-17)16-12-7-13(18-2)11(15)6-10(12)14/h6-7,9,16H,3-5,8H2,1-2H3. The van der Waals surface area contributed by atoms with Crippen LogP contribution in [0.2, 0.25) is 0 Å². The van der Waals surface area contributed by atoms with Gasteiger partial charge in [0.2, 0.25) is 0 Å². The van der Waals surface area contributed by atoms with Gasteiger partial charge in [0.15, 0.2) is 0 Å². The van der Waals surface area contributed by atoms with E-state index in [1.807, 2.05) is 12.1 Å². The van der Waals surface area contributed by atoms with Crippen molar-refractivity contribution in [2.24, 2.45) is 0 Å². The Morgan fingerprint density at radius 1 is 1.33 bits per heavy atom. The van der Waals surface area contributed by atoms with E-state index in [0.29, 0.717) is 6.04 Å². The second-order valence-corrected chi connectivity index (χ2v) is 6.42. The van der Waals surface area contributed by atoms with E-state index in [1.165, 1.54) is 19.4 Å². The van der Waals surface area contributed by atoms with E-state index in [4.69, 9.17) is 4.74 Å². The highest BCUT2D eigenvalue weighted by atomic mass is 79.9. The van der Waals surface area contributed by atoms with Crippen LogP contribution in [0.25, 0.3) is 0 Å². The minimum atomic E-state index is 0.505. The normalized spacial score (nSPS) is 20.8. The van der Waals surface area contributed by atoms with E-state index in [-0.39, 0.29) is 0 Å². The highest BCUT2D eigenvalue weighted by molar-refractivity contribution is 9.11. The van der Waals surface area contributed by atoms with Crippen molar-refractivity contribution in [2.45, 2.75) is 18.9 Å². The summed E-state index contributed by atoms with van der Waals surface area (Å²) in [6.45, 7) is 2.29. The molecule has 0 saturated carbocycles. The van der Waals surface area contributed by atoms with Gasteiger partial charge in [-0.25, -0.2) is 0 Å². The van der Waals surface area contributed by atoms with Gasteiger partial charge in [-0.1, -0.05) is 0 Å². The van der Waals surface area contributed by atoms with Crippen LogP contribution in [0.1, 0.15) is 12.8 Å². The molecule has 1 N–H and O–H groups in total. The molecule has 0 aliphatic carbocycles. The Bertz CT molecular complexity index is 426. The number of halogens is 2. The Labute approximate surface area is 125 Å². The number of nitrogens with one attached hydrogen (secondary N) is 1. The Morgan fingerprint density at radius 3 is 2.78 bits per heavy atom. The predicted molar refractivity (Wildman–Crippen MR) is 82.5 cm³/mol. The average Bonchev–Trinajstić information content (AvgIpc) is 2.33. The number of nitrogens with zero attached hydrogens (tertiary/aromatic N) is 1. The van der Waals surface area contributed by atoms with Crippen LogP contribution in [-0.2, 0) is 0 Å². The van der Waals surface area contributed by atoms with Gasteiger partial charge in [0.25, 0.3) is 0 Å². The van der Waals surface area contributed by atoms with Crippen LogP contribution in [0, 0.1) is 0 Å². The lowest BCUT2D eigenvalue weighted by Gasteiger charge is -2.31. The Morgan fingerprint density at radius 2 is 2.11 bits per heavy atom. The lowest BCUT2D eigenvalue weighted by atomic mass is 10.1. The van der Waals surface area contributed by atoms with Gasteiger partial charge in [0.1, 0.15) is 5.75 Å². The third kappa shape index (κ3) is 3.39. The number of ether oxygens (including phenoxy) is 1. The van der Waals surface area contributed by atoms with E-state index < -0.39 is 0 Å². The SMILES string of the molecule is COc1cc(NC2CCCN(C)C2)c(Br)cc1Br. The second kappa shape index (κ2) is 6.26. The summed E-state index contributed by atoms with van der Waals surface area (Å²) >= 11 is 7.08. The van der Waals surface area contributed by atoms with Gasteiger partial charge < -0.3 is 15.0 Å². The van der Waals surface area contributed by atoms with Crippen LogP contribution in [0.5, 0.6) is 5.75 Å². The van der Waals surface area contributed by atoms with Crippen molar-refractivity contribution in [3.05, 3.63) is 21.1 Å². The van der Waals surface area contributed by atoms with Crippen LogP contribution in [0.3, 0.4) is 0 Å². The summed E-state index contributed by atoms with van der Waals surface area (Å²) in [6, 6.07) is 4.56. The molecule has 1 fully saturated rings. The molecule has 3 nitrogen and oxygen atoms in total.